The van der Waals surface area contributed by atoms with Crippen molar-refractivity contribution in [2.45, 2.75) is 18.8 Å². The standard InChI is InChI=1S/C23H22N6O4S/c30-21(15-34-14-18-4-2-1-3-5-18)24-10-11-28-22-20(12-26-28)23(31)27(16-25-22)13-17-6-8-19(9-7-17)29(32)33/h1-9,12,16H,10-11,13-15H2,(H,24,30). The van der Waals surface area contributed by atoms with Crippen molar-refractivity contribution in [1.82, 2.24) is 24.6 Å². The van der Waals surface area contributed by atoms with Gasteiger partial charge in [0.05, 0.1) is 30.0 Å². The van der Waals surface area contributed by atoms with Gasteiger partial charge in [0.2, 0.25) is 5.91 Å². The molecule has 0 atom stereocenters. The van der Waals surface area contributed by atoms with Gasteiger partial charge in [0, 0.05) is 24.4 Å². The van der Waals surface area contributed by atoms with Crippen LogP contribution in [0.25, 0.3) is 11.0 Å². The van der Waals surface area contributed by atoms with Gasteiger partial charge >= 0.3 is 0 Å². The average molecular weight is 479 g/mol. The molecule has 0 unspecified atom stereocenters. The number of fused-ring (bicyclic) bond motifs is 1. The Balaban J connectivity index is 1.31. The van der Waals surface area contributed by atoms with Crippen LogP contribution in [-0.4, -0.2) is 42.5 Å². The zero-order valence-electron chi connectivity index (χ0n) is 18.2. The van der Waals surface area contributed by atoms with E-state index in [1.165, 1.54) is 34.8 Å². The molecule has 4 aromatic rings. The minimum atomic E-state index is -0.468. The maximum atomic E-state index is 12.8. The van der Waals surface area contributed by atoms with Crippen molar-refractivity contribution >= 4 is 34.4 Å². The SMILES string of the molecule is O=C(CSCc1ccccc1)NCCn1ncc2c(=O)n(Cc3ccc([N+](=O)[O-])cc3)cnc21. The Morgan fingerprint density at radius 1 is 1.09 bits per heavy atom. The van der Waals surface area contributed by atoms with E-state index in [9.17, 15) is 19.7 Å². The number of hydrogen-bond acceptors (Lipinski definition) is 7. The average Bonchev–Trinajstić information content (AvgIpc) is 3.25. The van der Waals surface area contributed by atoms with Gasteiger partial charge in [0.25, 0.3) is 11.2 Å². The number of rotatable bonds is 10. The summed E-state index contributed by atoms with van der Waals surface area (Å²) in [7, 11) is 0. The summed E-state index contributed by atoms with van der Waals surface area (Å²) in [5.41, 5.74) is 2.10. The topological polar surface area (TPSA) is 125 Å². The van der Waals surface area contributed by atoms with E-state index in [1.807, 2.05) is 30.3 Å². The van der Waals surface area contributed by atoms with Crippen LogP contribution in [0.15, 0.2) is 71.9 Å². The first-order chi connectivity index (χ1) is 16.5. The second-order valence-electron chi connectivity index (χ2n) is 7.53. The zero-order valence-corrected chi connectivity index (χ0v) is 19.0. The Hall–Kier alpha value is -3.99. The maximum Gasteiger partial charge on any atom is 0.269 e. The molecular weight excluding hydrogens is 456 g/mol. The number of carbonyl (C=O) groups is 1. The number of hydrogen-bond donors (Lipinski definition) is 1. The van der Waals surface area contributed by atoms with Crippen LogP contribution < -0.4 is 10.9 Å². The Bertz CT molecular complexity index is 1350. The van der Waals surface area contributed by atoms with E-state index in [0.717, 1.165) is 11.3 Å². The van der Waals surface area contributed by atoms with E-state index in [-0.39, 0.29) is 23.7 Å². The van der Waals surface area contributed by atoms with Crippen LogP contribution in [0, 0.1) is 10.1 Å². The second-order valence-corrected chi connectivity index (χ2v) is 8.52. The lowest BCUT2D eigenvalue weighted by Gasteiger charge is -2.08. The van der Waals surface area contributed by atoms with E-state index in [0.29, 0.717) is 29.9 Å². The molecule has 0 radical (unpaired) electrons. The first kappa shape index (κ1) is 23.2. The quantitative estimate of drug-likeness (QED) is 0.274. The highest BCUT2D eigenvalue weighted by atomic mass is 32.2. The lowest BCUT2D eigenvalue weighted by Crippen LogP contribution is -2.29. The highest BCUT2D eigenvalue weighted by molar-refractivity contribution is 7.99. The van der Waals surface area contributed by atoms with Gasteiger partial charge in [-0.05, 0) is 11.1 Å². The summed E-state index contributed by atoms with van der Waals surface area (Å²) in [6, 6.07) is 16.0. The minimum Gasteiger partial charge on any atom is -0.354 e. The highest BCUT2D eigenvalue weighted by Gasteiger charge is 2.12. The van der Waals surface area contributed by atoms with Crippen LogP contribution in [0.1, 0.15) is 11.1 Å². The zero-order chi connectivity index (χ0) is 23.9. The van der Waals surface area contributed by atoms with Crippen LogP contribution in [0.5, 0.6) is 0 Å². The third-order valence-electron chi connectivity index (χ3n) is 5.11. The van der Waals surface area contributed by atoms with Crippen molar-refractivity contribution in [1.29, 1.82) is 0 Å². The molecule has 2 heterocycles. The molecule has 10 nitrogen and oxygen atoms in total. The molecule has 34 heavy (non-hydrogen) atoms. The number of nitro groups is 1. The molecule has 0 aliphatic rings. The third kappa shape index (κ3) is 5.67. The number of nitrogens with zero attached hydrogens (tertiary/aromatic N) is 5. The van der Waals surface area contributed by atoms with Gasteiger partial charge in [0.15, 0.2) is 5.65 Å². The summed E-state index contributed by atoms with van der Waals surface area (Å²) in [5.74, 6) is 1.07. The Morgan fingerprint density at radius 2 is 1.85 bits per heavy atom. The Kier molecular flexibility index (Phi) is 7.33. The molecule has 0 fully saturated rings. The molecular formula is C23H22N6O4S. The molecule has 4 rings (SSSR count). The van der Waals surface area contributed by atoms with Crippen molar-refractivity contribution in [2.24, 2.45) is 0 Å². The maximum absolute atomic E-state index is 12.8. The van der Waals surface area contributed by atoms with Crippen LogP contribution in [0.4, 0.5) is 5.69 Å². The number of amides is 1. The fraction of sp³-hybridized carbons (Fsp3) is 0.217. The van der Waals surface area contributed by atoms with Crippen LogP contribution >= 0.6 is 11.8 Å². The van der Waals surface area contributed by atoms with E-state index in [4.69, 9.17) is 0 Å². The number of carbonyl (C=O) groups excluding carboxylic acids is 1. The van der Waals surface area contributed by atoms with E-state index in [1.54, 1.807) is 28.6 Å². The molecule has 11 heteroatoms. The number of benzene rings is 2. The van der Waals surface area contributed by atoms with E-state index in [2.05, 4.69) is 15.4 Å². The minimum absolute atomic E-state index is 0.00664. The summed E-state index contributed by atoms with van der Waals surface area (Å²) >= 11 is 1.55. The van der Waals surface area contributed by atoms with Crippen molar-refractivity contribution in [3.05, 3.63) is 98.7 Å². The first-order valence-corrected chi connectivity index (χ1v) is 11.7. The van der Waals surface area contributed by atoms with Crippen LogP contribution in [0.2, 0.25) is 0 Å². The van der Waals surface area contributed by atoms with E-state index >= 15 is 0 Å². The number of aromatic nitrogens is 4. The van der Waals surface area contributed by atoms with Crippen LogP contribution in [0.3, 0.4) is 0 Å². The third-order valence-corrected chi connectivity index (χ3v) is 6.12. The molecule has 0 saturated carbocycles. The summed E-state index contributed by atoms with van der Waals surface area (Å²) < 4.78 is 3.02. The molecule has 1 N–H and O–H groups in total. The first-order valence-electron chi connectivity index (χ1n) is 10.5. The monoisotopic (exact) mass is 478 g/mol. The van der Waals surface area contributed by atoms with Gasteiger partial charge in [-0.25, -0.2) is 9.67 Å². The van der Waals surface area contributed by atoms with Gasteiger partial charge in [-0.15, -0.1) is 11.8 Å². The predicted molar refractivity (Wildman–Crippen MR) is 130 cm³/mol. The number of non-ortho nitro benzene ring substituents is 1. The fourth-order valence-electron chi connectivity index (χ4n) is 3.38. The molecule has 0 saturated heterocycles. The Morgan fingerprint density at radius 3 is 2.59 bits per heavy atom. The molecule has 0 aliphatic carbocycles. The van der Waals surface area contributed by atoms with Gasteiger partial charge in [-0.2, -0.15) is 5.10 Å². The molecule has 1 amide bonds. The van der Waals surface area contributed by atoms with Gasteiger partial charge in [-0.3, -0.25) is 24.3 Å². The fourth-order valence-corrected chi connectivity index (χ4v) is 4.20. The van der Waals surface area contributed by atoms with Crippen LogP contribution in [-0.2, 0) is 23.6 Å². The largest absolute Gasteiger partial charge is 0.354 e. The van der Waals surface area contributed by atoms with E-state index < -0.39 is 4.92 Å². The second kappa shape index (κ2) is 10.8. The molecule has 2 aromatic carbocycles. The lowest BCUT2D eigenvalue weighted by molar-refractivity contribution is -0.384. The van der Waals surface area contributed by atoms with Crippen molar-refractivity contribution in [3.8, 4) is 0 Å². The van der Waals surface area contributed by atoms with Crippen molar-refractivity contribution in [3.63, 3.8) is 0 Å². The number of nitrogens with one attached hydrogen (secondary N) is 1. The predicted octanol–water partition coefficient (Wildman–Crippen LogP) is 2.60. The summed E-state index contributed by atoms with van der Waals surface area (Å²) in [6.45, 7) is 0.994. The summed E-state index contributed by atoms with van der Waals surface area (Å²) in [4.78, 5) is 39.6. The number of thioether (sulfide) groups is 1. The summed E-state index contributed by atoms with van der Waals surface area (Å²) in [5, 5.41) is 18.3. The summed E-state index contributed by atoms with van der Waals surface area (Å²) in [6.07, 6.45) is 2.90. The van der Waals surface area contributed by atoms with Crippen molar-refractivity contribution < 1.29 is 9.72 Å². The molecule has 0 aliphatic heterocycles. The van der Waals surface area contributed by atoms with Gasteiger partial charge < -0.3 is 5.32 Å². The highest BCUT2D eigenvalue weighted by Crippen LogP contribution is 2.13. The van der Waals surface area contributed by atoms with Crippen molar-refractivity contribution in [2.75, 3.05) is 12.3 Å². The lowest BCUT2D eigenvalue weighted by atomic mass is 10.2. The smallest absolute Gasteiger partial charge is 0.269 e. The van der Waals surface area contributed by atoms with Gasteiger partial charge in [0.1, 0.15) is 11.7 Å². The normalized spacial score (nSPS) is 10.9. The number of nitro benzene ring substituents is 1. The molecule has 0 spiro atoms. The molecule has 2 aromatic heterocycles. The van der Waals surface area contributed by atoms with Gasteiger partial charge in [-0.1, -0.05) is 42.5 Å². The molecule has 174 valence electrons. The molecule has 0 bridgehead atoms. The Labute approximate surface area is 198 Å².